The Morgan fingerprint density at radius 3 is 2.62 bits per heavy atom. The summed E-state index contributed by atoms with van der Waals surface area (Å²) < 4.78 is 16.4. The van der Waals surface area contributed by atoms with Gasteiger partial charge in [-0.15, -0.1) is 0 Å². The van der Waals surface area contributed by atoms with Crippen LogP contribution in [0.4, 0.5) is 5.69 Å². The maximum Gasteiger partial charge on any atom is 0.264 e. The first-order chi connectivity index (χ1) is 15.5. The molecule has 4 aromatic rings. The number of methoxy groups -OCH3 is 1. The molecule has 0 saturated heterocycles. The highest BCUT2D eigenvalue weighted by Crippen LogP contribution is 2.29. The number of nitrogens with zero attached hydrogens (tertiary/aromatic N) is 2. The minimum Gasteiger partial charge on any atom is -0.495 e. The molecule has 8 heteroatoms. The number of carbonyl (C=O) groups excluding carboxylic acids is 1. The first kappa shape index (κ1) is 21.4. The first-order valence-corrected chi connectivity index (χ1v) is 10.2. The van der Waals surface area contributed by atoms with E-state index in [1.807, 2.05) is 31.2 Å². The average Bonchev–Trinajstić information content (AvgIpc) is 3.27. The zero-order valence-corrected chi connectivity index (χ0v) is 18.2. The van der Waals surface area contributed by atoms with Gasteiger partial charge in [0.15, 0.2) is 6.61 Å². The quantitative estimate of drug-likeness (QED) is 0.398. The van der Waals surface area contributed by atoms with E-state index in [4.69, 9.17) is 25.6 Å². The van der Waals surface area contributed by atoms with Gasteiger partial charge in [-0.1, -0.05) is 58.7 Å². The van der Waals surface area contributed by atoms with Gasteiger partial charge in [-0.3, -0.25) is 4.79 Å². The standard InChI is InChI=1S/C24H20ClN3O4/c1-15-7-9-16(10-8-15)23-27-22(32-28-23)14-31-20-6-4-3-5-18(20)24(29)26-19-13-17(25)11-12-21(19)30-2/h3-13H,14H2,1-2H3,(H,26,29). The van der Waals surface area contributed by atoms with Crippen molar-refractivity contribution in [3.8, 4) is 22.9 Å². The number of carbonyl (C=O) groups is 1. The lowest BCUT2D eigenvalue weighted by Gasteiger charge is -2.13. The Bertz CT molecular complexity index is 1240. The number of aryl methyl sites for hydroxylation is 1. The number of aromatic nitrogens is 2. The molecule has 7 nitrogen and oxygen atoms in total. The van der Waals surface area contributed by atoms with Crippen molar-refractivity contribution in [3.05, 3.63) is 88.8 Å². The summed E-state index contributed by atoms with van der Waals surface area (Å²) in [6.07, 6.45) is 0. The smallest absolute Gasteiger partial charge is 0.264 e. The fraction of sp³-hybridized carbons (Fsp3) is 0.125. The number of halogens is 1. The fourth-order valence-electron chi connectivity index (χ4n) is 3.02. The number of para-hydroxylation sites is 1. The number of rotatable bonds is 7. The van der Waals surface area contributed by atoms with Gasteiger partial charge < -0.3 is 19.3 Å². The maximum atomic E-state index is 12.9. The molecule has 0 bridgehead atoms. The highest BCUT2D eigenvalue weighted by Gasteiger charge is 2.16. The average molecular weight is 450 g/mol. The Morgan fingerprint density at radius 1 is 1.06 bits per heavy atom. The number of hydrogen-bond donors (Lipinski definition) is 1. The van der Waals surface area contributed by atoms with E-state index in [-0.39, 0.29) is 12.5 Å². The number of nitrogens with one attached hydrogen (secondary N) is 1. The van der Waals surface area contributed by atoms with Gasteiger partial charge in [-0.05, 0) is 37.3 Å². The summed E-state index contributed by atoms with van der Waals surface area (Å²) in [5, 5.41) is 7.28. The molecule has 0 saturated carbocycles. The highest BCUT2D eigenvalue weighted by molar-refractivity contribution is 6.31. The van der Waals surface area contributed by atoms with E-state index in [2.05, 4.69) is 15.5 Å². The summed E-state index contributed by atoms with van der Waals surface area (Å²) in [7, 11) is 1.52. The minimum absolute atomic E-state index is 0.0175. The molecule has 3 aromatic carbocycles. The zero-order chi connectivity index (χ0) is 22.5. The normalized spacial score (nSPS) is 10.6. The third kappa shape index (κ3) is 4.90. The third-order valence-electron chi connectivity index (χ3n) is 4.67. The SMILES string of the molecule is COc1ccc(Cl)cc1NC(=O)c1ccccc1OCc1nc(-c2ccc(C)cc2)no1. The van der Waals surface area contributed by atoms with E-state index in [0.717, 1.165) is 11.1 Å². The van der Waals surface area contributed by atoms with Gasteiger partial charge in [0.25, 0.3) is 11.8 Å². The van der Waals surface area contributed by atoms with Gasteiger partial charge in [-0.2, -0.15) is 4.98 Å². The topological polar surface area (TPSA) is 86.5 Å². The van der Waals surface area contributed by atoms with Crippen LogP contribution in [0.5, 0.6) is 11.5 Å². The number of hydrogen-bond acceptors (Lipinski definition) is 6. The van der Waals surface area contributed by atoms with Crippen LogP contribution in [0, 0.1) is 6.92 Å². The third-order valence-corrected chi connectivity index (χ3v) is 4.91. The predicted molar refractivity (Wildman–Crippen MR) is 121 cm³/mol. The van der Waals surface area contributed by atoms with Crippen molar-refractivity contribution in [1.82, 2.24) is 10.1 Å². The molecule has 1 amide bonds. The zero-order valence-electron chi connectivity index (χ0n) is 17.5. The monoisotopic (exact) mass is 449 g/mol. The van der Waals surface area contributed by atoms with Crippen LogP contribution in [0.2, 0.25) is 5.02 Å². The number of anilines is 1. The van der Waals surface area contributed by atoms with Gasteiger partial charge in [0, 0.05) is 10.6 Å². The van der Waals surface area contributed by atoms with Crippen LogP contribution in [0.15, 0.2) is 71.3 Å². The van der Waals surface area contributed by atoms with Crippen LogP contribution in [0.3, 0.4) is 0 Å². The van der Waals surface area contributed by atoms with Crippen molar-refractivity contribution in [3.63, 3.8) is 0 Å². The molecule has 32 heavy (non-hydrogen) atoms. The molecule has 0 aliphatic heterocycles. The minimum atomic E-state index is -0.368. The van der Waals surface area contributed by atoms with Crippen molar-refractivity contribution < 1.29 is 18.8 Å². The molecular weight excluding hydrogens is 430 g/mol. The Morgan fingerprint density at radius 2 is 1.84 bits per heavy atom. The van der Waals surface area contributed by atoms with Crippen LogP contribution in [0.25, 0.3) is 11.4 Å². The van der Waals surface area contributed by atoms with Gasteiger partial charge in [0.1, 0.15) is 11.5 Å². The number of amides is 1. The van der Waals surface area contributed by atoms with Gasteiger partial charge in [-0.25, -0.2) is 0 Å². The summed E-state index contributed by atoms with van der Waals surface area (Å²) in [6.45, 7) is 2.03. The molecule has 4 rings (SSSR count). The molecule has 1 heterocycles. The molecule has 0 radical (unpaired) electrons. The first-order valence-electron chi connectivity index (χ1n) is 9.80. The predicted octanol–water partition coefficient (Wildman–Crippen LogP) is 5.54. The molecule has 0 atom stereocenters. The molecule has 1 N–H and O–H groups in total. The fourth-order valence-corrected chi connectivity index (χ4v) is 3.19. The van der Waals surface area contributed by atoms with E-state index >= 15 is 0 Å². The summed E-state index contributed by atoms with van der Waals surface area (Å²) in [5.41, 5.74) is 2.79. The van der Waals surface area contributed by atoms with Crippen molar-refractivity contribution in [2.75, 3.05) is 12.4 Å². The van der Waals surface area contributed by atoms with Crippen LogP contribution < -0.4 is 14.8 Å². The largest absolute Gasteiger partial charge is 0.495 e. The summed E-state index contributed by atoms with van der Waals surface area (Å²) in [4.78, 5) is 17.3. The van der Waals surface area contributed by atoms with Gasteiger partial charge in [0.05, 0.1) is 18.4 Å². The van der Waals surface area contributed by atoms with Crippen LogP contribution in [-0.4, -0.2) is 23.2 Å². The number of ether oxygens (including phenoxy) is 2. The summed E-state index contributed by atoms with van der Waals surface area (Å²) in [6, 6.07) is 19.7. The van der Waals surface area contributed by atoms with Crippen LogP contribution >= 0.6 is 11.6 Å². The van der Waals surface area contributed by atoms with Crippen LogP contribution in [0.1, 0.15) is 21.8 Å². The van der Waals surface area contributed by atoms with E-state index in [0.29, 0.717) is 39.5 Å². The lowest BCUT2D eigenvalue weighted by atomic mass is 10.1. The van der Waals surface area contributed by atoms with E-state index < -0.39 is 0 Å². The summed E-state index contributed by atoms with van der Waals surface area (Å²) >= 11 is 6.05. The second-order valence-electron chi connectivity index (χ2n) is 6.96. The Balaban J connectivity index is 1.48. The molecule has 0 fully saturated rings. The maximum absolute atomic E-state index is 12.9. The second-order valence-corrected chi connectivity index (χ2v) is 7.40. The van der Waals surface area contributed by atoms with Gasteiger partial charge in [0.2, 0.25) is 5.82 Å². The molecule has 0 spiro atoms. The lowest BCUT2D eigenvalue weighted by Crippen LogP contribution is -2.14. The Kier molecular flexibility index (Phi) is 6.37. The molecule has 0 aliphatic rings. The van der Waals surface area contributed by atoms with E-state index in [1.165, 1.54) is 7.11 Å². The molecular formula is C24H20ClN3O4. The van der Waals surface area contributed by atoms with Gasteiger partial charge >= 0.3 is 0 Å². The van der Waals surface area contributed by atoms with Crippen molar-refractivity contribution in [1.29, 1.82) is 0 Å². The lowest BCUT2D eigenvalue weighted by molar-refractivity contribution is 0.102. The molecule has 162 valence electrons. The Hall–Kier alpha value is -3.84. The van der Waals surface area contributed by atoms with E-state index in [1.54, 1.807) is 42.5 Å². The van der Waals surface area contributed by atoms with Crippen LogP contribution in [-0.2, 0) is 6.61 Å². The molecule has 1 aromatic heterocycles. The van der Waals surface area contributed by atoms with Crippen molar-refractivity contribution in [2.24, 2.45) is 0 Å². The second kappa shape index (κ2) is 9.53. The number of benzene rings is 3. The Labute approximate surface area is 189 Å². The molecule has 0 aliphatic carbocycles. The van der Waals surface area contributed by atoms with Crippen molar-refractivity contribution >= 4 is 23.2 Å². The molecule has 0 unspecified atom stereocenters. The summed E-state index contributed by atoms with van der Waals surface area (Å²) in [5.74, 6) is 1.28. The van der Waals surface area contributed by atoms with Crippen molar-refractivity contribution in [2.45, 2.75) is 13.5 Å². The van der Waals surface area contributed by atoms with E-state index in [9.17, 15) is 4.79 Å². The highest BCUT2D eigenvalue weighted by atomic mass is 35.5.